The van der Waals surface area contributed by atoms with Crippen molar-refractivity contribution in [3.63, 3.8) is 0 Å². The van der Waals surface area contributed by atoms with E-state index in [-0.39, 0.29) is 6.04 Å². The van der Waals surface area contributed by atoms with Gasteiger partial charge < -0.3 is 9.73 Å². The van der Waals surface area contributed by atoms with Crippen LogP contribution in [-0.2, 0) is 6.42 Å². The molecule has 2 aromatic rings. The van der Waals surface area contributed by atoms with Crippen molar-refractivity contribution >= 4 is 15.9 Å². The lowest BCUT2D eigenvalue weighted by Gasteiger charge is -2.15. The number of aromatic nitrogens is 1. The third kappa shape index (κ3) is 2.96. The molecule has 0 aliphatic heterocycles. The fraction of sp³-hybridized carbons (Fsp3) is 0.308. The summed E-state index contributed by atoms with van der Waals surface area (Å²) in [5, 5.41) is 3.31. The largest absolute Gasteiger partial charge is 0.469 e. The van der Waals surface area contributed by atoms with Gasteiger partial charge in [-0.3, -0.25) is 4.98 Å². The fourth-order valence-electron chi connectivity index (χ4n) is 1.93. The number of halogens is 1. The Hall–Kier alpha value is -1.13. The molecule has 1 atom stereocenters. The van der Waals surface area contributed by atoms with Gasteiger partial charge in [-0.05, 0) is 54.0 Å². The van der Waals surface area contributed by atoms with E-state index in [0.29, 0.717) is 0 Å². The highest BCUT2D eigenvalue weighted by molar-refractivity contribution is 9.10. The molecule has 1 N–H and O–H groups in total. The average molecular weight is 295 g/mol. The van der Waals surface area contributed by atoms with Crippen molar-refractivity contribution in [2.75, 3.05) is 7.05 Å². The molecule has 0 radical (unpaired) electrons. The lowest BCUT2D eigenvalue weighted by molar-refractivity contribution is 0.512. The highest BCUT2D eigenvalue weighted by Gasteiger charge is 2.14. The minimum atomic E-state index is 0.254. The summed E-state index contributed by atoms with van der Waals surface area (Å²) in [5.41, 5.74) is 2.40. The number of furan rings is 1. The van der Waals surface area contributed by atoms with Gasteiger partial charge >= 0.3 is 0 Å². The van der Waals surface area contributed by atoms with Crippen molar-refractivity contribution in [2.24, 2.45) is 0 Å². The highest BCUT2D eigenvalue weighted by atomic mass is 79.9. The van der Waals surface area contributed by atoms with Gasteiger partial charge in [0.25, 0.3) is 0 Å². The van der Waals surface area contributed by atoms with Gasteiger partial charge in [0, 0.05) is 28.5 Å². The molecule has 0 aliphatic carbocycles. The molecule has 0 bridgehead atoms. The number of nitrogens with zero attached hydrogens (tertiary/aromatic N) is 1. The summed E-state index contributed by atoms with van der Waals surface area (Å²) in [7, 11) is 1.96. The van der Waals surface area contributed by atoms with E-state index in [2.05, 4.69) is 32.3 Å². The second-order valence-corrected chi connectivity index (χ2v) is 4.90. The lowest BCUT2D eigenvalue weighted by Crippen LogP contribution is -2.19. The summed E-state index contributed by atoms with van der Waals surface area (Å²) >= 11 is 3.44. The number of nitrogens with one attached hydrogen (secondary N) is 1. The zero-order chi connectivity index (χ0) is 12.3. The molecule has 17 heavy (non-hydrogen) atoms. The van der Waals surface area contributed by atoms with Crippen LogP contribution in [0.5, 0.6) is 0 Å². The first-order valence-corrected chi connectivity index (χ1v) is 6.30. The Morgan fingerprint density at radius 3 is 2.88 bits per heavy atom. The van der Waals surface area contributed by atoms with Crippen LogP contribution in [0, 0.1) is 6.92 Å². The Balaban J connectivity index is 2.19. The molecule has 3 nitrogen and oxygen atoms in total. The number of pyridine rings is 1. The number of aryl methyl sites for hydroxylation is 1. The first kappa shape index (κ1) is 12.3. The molecule has 1 unspecified atom stereocenters. The van der Waals surface area contributed by atoms with Crippen LogP contribution in [0.1, 0.15) is 22.9 Å². The Morgan fingerprint density at radius 1 is 1.47 bits per heavy atom. The van der Waals surface area contributed by atoms with Gasteiger partial charge in [0.05, 0.1) is 6.26 Å². The smallest absolute Gasteiger partial charge is 0.105 e. The van der Waals surface area contributed by atoms with E-state index in [1.807, 2.05) is 26.2 Å². The van der Waals surface area contributed by atoms with Crippen molar-refractivity contribution < 1.29 is 4.42 Å². The van der Waals surface area contributed by atoms with E-state index in [4.69, 9.17) is 4.42 Å². The highest BCUT2D eigenvalue weighted by Crippen LogP contribution is 2.23. The second kappa shape index (κ2) is 5.47. The van der Waals surface area contributed by atoms with E-state index in [1.165, 1.54) is 11.1 Å². The molecule has 0 saturated heterocycles. The molecule has 0 spiro atoms. The van der Waals surface area contributed by atoms with Crippen molar-refractivity contribution in [3.8, 4) is 0 Å². The van der Waals surface area contributed by atoms with Crippen molar-refractivity contribution in [1.82, 2.24) is 10.3 Å². The Morgan fingerprint density at radius 2 is 2.29 bits per heavy atom. The lowest BCUT2D eigenvalue weighted by atomic mass is 10.0. The number of hydrogen-bond donors (Lipinski definition) is 1. The third-order valence-corrected chi connectivity index (χ3v) is 3.26. The first-order chi connectivity index (χ1) is 8.20. The maximum absolute atomic E-state index is 5.34. The van der Waals surface area contributed by atoms with Crippen LogP contribution in [0.15, 0.2) is 39.7 Å². The fourth-order valence-corrected chi connectivity index (χ4v) is 2.34. The predicted octanol–water partition coefficient (Wildman–Crippen LogP) is 3.25. The van der Waals surface area contributed by atoms with Gasteiger partial charge in [0.2, 0.25) is 0 Å². The summed E-state index contributed by atoms with van der Waals surface area (Å²) < 4.78 is 6.35. The Labute approximate surface area is 109 Å². The molecule has 2 rings (SSSR count). The van der Waals surface area contributed by atoms with E-state index in [0.717, 1.165) is 16.7 Å². The molecular weight excluding hydrogens is 280 g/mol. The van der Waals surface area contributed by atoms with Crippen LogP contribution in [0.2, 0.25) is 0 Å². The SMILES string of the molecule is CNC(Cc1cncc(Br)c1)c1ccoc1C. The number of rotatable bonds is 4. The van der Waals surface area contributed by atoms with Crippen molar-refractivity contribution in [3.05, 3.63) is 52.1 Å². The first-order valence-electron chi connectivity index (χ1n) is 5.51. The van der Waals surface area contributed by atoms with Gasteiger partial charge in [-0.15, -0.1) is 0 Å². The summed E-state index contributed by atoms with van der Waals surface area (Å²) in [5.74, 6) is 0.965. The monoisotopic (exact) mass is 294 g/mol. The molecular formula is C13H15BrN2O. The molecule has 0 fully saturated rings. The average Bonchev–Trinajstić information content (AvgIpc) is 2.72. The van der Waals surface area contributed by atoms with Gasteiger partial charge in [-0.2, -0.15) is 0 Å². The van der Waals surface area contributed by atoms with Crippen LogP contribution in [0.3, 0.4) is 0 Å². The molecule has 0 aliphatic rings. The van der Waals surface area contributed by atoms with Gasteiger partial charge in [-0.25, -0.2) is 0 Å². The summed E-state index contributed by atoms with van der Waals surface area (Å²) in [6.45, 7) is 1.98. The number of likely N-dealkylation sites (N-methyl/N-ethyl adjacent to an activating group) is 1. The topological polar surface area (TPSA) is 38.1 Å². The van der Waals surface area contributed by atoms with Gasteiger partial charge in [0.15, 0.2) is 0 Å². The second-order valence-electron chi connectivity index (χ2n) is 3.99. The number of hydrogen-bond acceptors (Lipinski definition) is 3. The van der Waals surface area contributed by atoms with Crippen LogP contribution >= 0.6 is 15.9 Å². The summed E-state index contributed by atoms with van der Waals surface area (Å²) in [4.78, 5) is 4.18. The van der Waals surface area contributed by atoms with E-state index < -0.39 is 0 Å². The molecule has 0 saturated carbocycles. The van der Waals surface area contributed by atoms with E-state index in [9.17, 15) is 0 Å². The third-order valence-electron chi connectivity index (χ3n) is 2.82. The normalized spacial score (nSPS) is 12.6. The zero-order valence-electron chi connectivity index (χ0n) is 9.90. The van der Waals surface area contributed by atoms with Crippen LogP contribution in [0.4, 0.5) is 0 Å². The summed E-state index contributed by atoms with van der Waals surface area (Å²) in [6.07, 6.45) is 6.31. The molecule has 90 valence electrons. The van der Waals surface area contributed by atoms with Gasteiger partial charge in [0.1, 0.15) is 5.76 Å². The maximum atomic E-state index is 5.34. The Bertz CT molecular complexity index is 496. The Kier molecular flexibility index (Phi) is 3.97. The van der Waals surface area contributed by atoms with E-state index >= 15 is 0 Å². The standard InChI is InChI=1S/C13H15BrN2O/c1-9-12(3-4-17-9)13(15-2)6-10-5-11(14)8-16-7-10/h3-5,7-8,13,15H,6H2,1-2H3. The molecule has 0 aromatic carbocycles. The minimum absolute atomic E-state index is 0.254. The van der Waals surface area contributed by atoms with Crippen molar-refractivity contribution in [2.45, 2.75) is 19.4 Å². The van der Waals surface area contributed by atoms with Crippen LogP contribution < -0.4 is 5.32 Å². The molecule has 2 aromatic heterocycles. The molecule has 4 heteroatoms. The molecule has 2 heterocycles. The zero-order valence-corrected chi connectivity index (χ0v) is 11.5. The van der Waals surface area contributed by atoms with Gasteiger partial charge in [-0.1, -0.05) is 0 Å². The summed E-state index contributed by atoms with van der Waals surface area (Å²) in [6, 6.07) is 4.36. The van der Waals surface area contributed by atoms with Crippen LogP contribution in [-0.4, -0.2) is 12.0 Å². The molecule has 0 amide bonds. The van der Waals surface area contributed by atoms with E-state index in [1.54, 1.807) is 12.5 Å². The maximum Gasteiger partial charge on any atom is 0.105 e. The minimum Gasteiger partial charge on any atom is -0.469 e. The van der Waals surface area contributed by atoms with Crippen LogP contribution in [0.25, 0.3) is 0 Å². The van der Waals surface area contributed by atoms with Crippen molar-refractivity contribution in [1.29, 1.82) is 0 Å². The predicted molar refractivity (Wildman–Crippen MR) is 70.9 cm³/mol. The quantitative estimate of drug-likeness (QED) is 0.941.